The molecule has 0 radical (unpaired) electrons. The molecule has 0 fully saturated rings. The molecule has 0 unspecified atom stereocenters. The lowest BCUT2D eigenvalue weighted by Crippen LogP contribution is -2.02. The Morgan fingerprint density at radius 2 is 2.21 bits per heavy atom. The number of nitrogens with zero attached hydrogens (tertiary/aromatic N) is 1. The molecule has 0 N–H and O–H groups in total. The van der Waals surface area contributed by atoms with Gasteiger partial charge in [0.15, 0.2) is 0 Å². The lowest BCUT2D eigenvalue weighted by atomic mass is 10.2. The monoisotopic (exact) mass is 221 g/mol. The van der Waals surface area contributed by atoms with Crippen LogP contribution in [0.5, 0.6) is 5.88 Å². The number of pyridine rings is 1. The molecule has 0 aromatic carbocycles. The molecule has 0 aliphatic heterocycles. The van der Waals surface area contributed by atoms with Gasteiger partial charge in [0.25, 0.3) is 11.7 Å². The molecule has 3 nitrogen and oxygen atoms in total. The minimum absolute atomic E-state index is 0.0157. The molecule has 0 bridgehead atoms. The van der Waals surface area contributed by atoms with E-state index in [1.807, 2.05) is 0 Å². The van der Waals surface area contributed by atoms with Crippen molar-refractivity contribution in [2.45, 2.75) is 6.43 Å². The van der Waals surface area contributed by atoms with Crippen LogP contribution in [0.15, 0.2) is 12.1 Å². The molecule has 6 heteroatoms. The van der Waals surface area contributed by atoms with Crippen molar-refractivity contribution >= 4 is 16.8 Å². The Balaban J connectivity index is 3.24. The molecule has 0 saturated carbocycles. The average molecular weight is 222 g/mol. The number of hydrogen-bond acceptors (Lipinski definition) is 3. The average Bonchev–Trinajstić information content (AvgIpc) is 2.16. The molecular weight excluding hydrogens is 216 g/mol. The highest BCUT2D eigenvalue weighted by atomic mass is 35.5. The second-order valence-electron chi connectivity index (χ2n) is 2.36. The van der Waals surface area contributed by atoms with Gasteiger partial charge < -0.3 is 4.74 Å². The van der Waals surface area contributed by atoms with Gasteiger partial charge in [-0.05, 0) is 17.7 Å². The summed E-state index contributed by atoms with van der Waals surface area (Å²) in [5.74, 6) is 0.0157. The first-order chi connectivity index (χ1) is 6.56. The molecule has 0 aliphatic rings. The predicted octanol–water partition coefficient (Wildman–Crippen LogP) is 2.41. The van der Waals surface area contributed by atoms with Gasteiger partial charge in [0.05, 0.1) is 12.7 Å². The van der Waals surface area contributed by atoms with E-state index in [0.29, 0.717) is 0 Å². The predicted molar refractivity (Wildman–Crippen MR) is 45.9 cm³/mol. The van der Waals surface area contributed by atoms with Crippen LogP contribution in [0.25, 0.3) is 0 Å². The first-order valence-electron chi connectivity index (χ1n) is 3.59. The summed E-state index contributed by atoms with van der Waals surface area (Å²) in [5.41, 5.74) is -0.966. The van der Waals surface area contributed by atoms with Gasteiger partial charge >= 0.3 is 0 Å². The van der Waals surface area contributed by atoms with E-state index >= 15 is 0 Å². The third kappa shape index (κ3) is 2.17. The minimum atomic E-state index is -2.86. The van der Waals surface area contributed by atoms with E-state index in [4.69, 9.17) is 11.6 Å². The first kappa shape index (κ1) is 10.8. The largest absolute Gasteiger partial charge is 0.481 e. The third-order valence-corrected chi connectivity index (χ3v) is 1.73. The van der Waals surface area contributed by atoms with Gasteiger partial charge in [0.2, 0.25) is 5.88 Å². The molecular formula is C8H6ClF2NO2. The van der Waals surface area contributed by atoms with Crippen LogP contribution in [0, 0.1) is 0 Å². The lowest BCUT2D eigenvalue weighted by Gasteiger charge is -2.05. The molecule has 0 aliphatic carbocycles. The van der Waals surface area contributed by atoms with Crippen LogP contribution in [0.1, 0.15) is 22.5 Å². The fourth-order valence-corrected chi connectivity index (χ4v) is 1.06. The van der Waals surface area contributed by atoms with E-state index in [-0.39, 0.29) is 11.4 Å². The molecule has 1 heterocycles. The number of ether oxygens (including phenoxy) is 1. The van der Waals surface area contributed by atoms with Crippen molar-refractivity contribution in [1.82, 2.24) is 4.98 Å². The Bertz CT molecular complexity index is 357. The highest BCUT2D eigenvalue weighted by molar-refractivity contribution is 6.67. The number of halogens is 3. The summed E-state index contributed by atoms with van der Waals surface area (Å²) in [6, 6.07) is 2.45. The SMILES string of the molecule is COc1ccc(C(=O)Cl)c(C(F)F)n1. The zero-order chi connectivity index (χ0) is 10.7. The maximum atomic E-state index is 12.4. The standard InChI is InChI=1S/C8H6ClF2NO2/c1-14-5-3-2-4(7(9)13)6(12-5)8(10)11/h2-3,8H,1H3. The van der Waals surface area contributed by atoms with E-state index in [0.717, 1.165) is 6.07 Å². The van der Waals surface area contributed by atoms with Gasteiger partial charge in [-0.15, -0.1) is 0 Å². The molecule has 0 saturated heterocycles. The quantitative estimate of drug-likeness (QED) is 0.736. The van der Waals surface area contributed by atoms with Crippen molar-refractivity contribution in [1.29, 1.82) is 0 Å². The Morgan fingerprint density at radius 1 is 1.57 bits per heavy atom. The Kier molecular flexibility index (Phi) is 3.35. The van der Waals surface area contributed by atoms with E-state index in [1.165, 1.54) is 13.2 Å². The normalized spacial score (nSPS) is 10.4. The highest BCUT2D eigenvalue weighted by Crippen LogP contribution is 2.24. The maximum Gasteiger partial charge on any atom is 0.281 e. The van der Waals surface area contributed by atoms with Crippen molar-refractivity contribution in [3.8, 4) is 5.88 Å². The van der Waals surface area contributed by atoms with E-state index in [9.17, 15) is 13.6 Å². The lowest BCUT2D eigenvalue weighted by molar-refractivity contribution is 0.106. The number of alkyl halides is 2. The second kappa shape index (κ2) is 4.32. The number of hydrogen-bond donors (Lipinski definition) is 0. The van der Waals surface area contributed by atoms with Crippen LogP contribution in [-0.4, -0.2) is 17.3 Å². The zero-order valence-electron chi connectivity index (χ0n) is 7.13. The Morgan fingerprint density at radius 3 is 2.64 bits per heavy atom. The zero-order valence-corrected chi connectivity index (χ0v) is 7.89. The number of carbonyl (C=O) groups excluding carboxylic acids is 1. The number of carbonyl (C=O) groups is 1. The summed E-state index contributed by atoms with van der Waals surface area (Å²) < 4.78 is 29.4. The van der Waals surface area contributed by atoms with Gasteiger partial charge in [-0.1, -0.05) is 0 Å². The van der Waals surface area contributed by atoms with Gasteiger partial charge in [-0.2, -0.15) is 0 Å². The van der Waals surface area contributed by atoms with Crippen molar-refractivity contribution in [2.75, 3.05) is 7.11 Å². The number of aromatic nitrogens is 1. The summed E-state index contributed by atoms with van der Waals surface area (Å²) >= 11 is 5.09. The minimum Gasteiger partial charge on any atom is -0.481 e. The van der Waals surface area contributed by atoms with Crippen LogP contribution >= 0.6 is 11.6 Å². The fraction of sp³-hybridized carbons (Fsp3) is 0.250. The third-order valence-electron chi connectivity index (χ3n) is 1.53. The summed E-state index contributed by atoms with van der Waals surface area (Å²) in [6.07, 6.45) is -2.86. The summed E-state index contributed by atoms with van der Waals surface area (Å²) in [7, 11) is 1.29. The van der Waals surface area contributed by atoms with Crippen molar-refractivity contribution in [3.05, 3.63) is 23.4 Å². The molecule has 14 heavy (non-hydrogen) atoms. The maximum absolute atomic E-state index is 12.4. The molecule has 76 valence electrons. The molecule has 1 rings (SSSR count). The van der Waals surface area contributed by atoms with Crippen molar-refractivity contribution < 1.29 is 18.3 Å². The Hall–Kier alpha value is -1.23. The molecule has 0 amide bonds. The van der Waals surface area contributed by atoms with E-state index in [2.05, 4.69) is 9.72 Å². The first-order valence-corrected chi connectivity index (χ1v) is 3.97. The number of rotatable bonds is 3. The van der Waals surface area contributed by atoms with Gasteiger partial charge in [-0.25, -0.2) is 13.8 Å². The number of methoxy groups -OCH3 is 1. The Labute approximate surface area is 83.7 Å². The van der Waals surface area contributed by atoms with Crippen molar-refractivity contribution in [2.24, 2.45) is 0 Å². The van der Waals surface area contributed by atoms with Gasteiger partial charge in [-0.3, -0.25) is 4.79 Å². The summed E-state index contributed by atoms with van der Waals surface area (Å²) in [6.45, 7) is 0. The van der Waals surface area contributed by atoms with E-state index in [1.54, 1.807) is 0 Å². The van der Waals surface area contributed by atoms with Crippen LogP contribution in [-0.2, 0) is 0 Å². The van der Waals surface area contributed by atoms with Gasteiger partial charge in [0, 0.05) is 6.07 Å². The molecule has 0 spiro atoms. The molecule has 1 aromatic heterocycles. The summed E-state index contributed by atoms with van der Waals surface area (Å²) in [5, 5.41) is -0.963. The topological polar surface area (TPSA) is 39.2 Å². The second-order valence-corrected chi connectivity index (χ2v) is 2.70. The van der Waals surface area contributed by atoms with E-state index < -0.39 is 17.4 Å². The molecule has 0 atom stereocenters. The highest BCUT2D eigenvalue weighted by Gasteiger charge is 2.19. The van der Waals surface area contributed by atoms with Gasteiger partial charge in [0.1, 0.15) is 5.69 Å². The van der Waals surface area contributed by atoms with Crippen LogP contribution in [0.2, 0.25) is 0 Å². The fourth-order valence-electron chi connectivity index (χ4n) is 0.902. The van der Waals surface area contributed by atoms with Crippen LogP contribution < -0.4 is 4.74 Å². The smallest absolute Gasteiger partial charge is 0.281 e. The summed E-state index contributed by atoms with van der Waals surface area (Å²) in [4.78, 5) is 14.2. The van der Waals surface area contributed by atoms with Crippen LogP contribution in [0.4, 0.5) is 8.78 Å². The van der Waals surface area contributed by atoms with Crippen LogP contribution in [0.3, 0.4) is 0 Å². The molecule has 1 aromatic rings. The van der Waals surface area contributed by atoms with Crippen molar-refractivity contribution in [3.63, 3.8) is 0 Å².